The fourth-order valence-electron chi connectivity index (χ4n) is 2.63. The Morgan fingerprint density at radius 3 is 1.29 bits per heavy atom. The van der Waals surface area contributed by atoms with E-state index >= 15 is 0 Å². The summed E-state index contributed by atoms with van der Waals surface area (Å²) in [6.45, 7) is 9.63. The van der Waals surface area contributed by atoms with Crippen molar-refractivity contribution in [1.82, 2.24) is 5.32 Å². The molecule has 0 heterocycles. The Morgan fingerprint density at radius 1 is 0.542 bits per heavy atom. The molecular formula is C22H47NO. The zero-order chi connectivity index (χ0) is 18.3. The lowest BCUT2D eigenvalue weighted by molar-refractivity contribution is -0.121. The molecule has 0 bridgehead atoms. The number of rotatable bonds is 16. The molecule has 0 unspecified atom stereocenters. The molecule has 24 heavy (non-hydrogen) atoms. The van der Waals surface area contributed by atoms with Crippen LogP contribution >= 0.6 is 0 Å². The number of amides is 1. The van der Waals surface area contributed by atoms with Crippen LogP contribution in [-0.2, 0) is 4.79 Å². The Balaban J connectivity index is 0. The average Bonchev–Trinajstić information content (AvgIpc) is 2.60. The fourth-order valence-corrected chi connectivity index (χ4v) is 2.63. The average molecular weight is 342 g/mol. The molecule has 146 valence electrons. The molecule has 0 aliphatic rings. The molecule has 0 spiro atoms. The number of hydrogen-bond acceptors (Lipinski definition) is 1. The van der Waals surface area contributed by atoms with Gasteiger partial charge >= 0.3 is 0 Å². The van der Waals surface area contributed by atoms with Gasteiger partial charge in [-0.15, -0.1) is 0 Å². The van der Waals surface area contributed by atoms with E-state index in [4.69, 9.17) is 0 Å². The molecule has 1 amide bonds. The third-order valence-electron chi connectivity index (χ3n) is 4.29. The first-order chi connectivity index (χ1) is 11.7. The summed E-state index contributed by atoms with van der Waals surface area (Å²) < 4.78 is 0. The van der Waals surface area contributed by atoms with Gasteiger partial charge in [-0.25, -0.2) is 0 Å². The van der Waals surface area contributed by atoms with Crippen LogP contribution in [-0.4, -0.2) is 12.5 Å². The zero-order valence-corrected chi connectivity index (χ0v) is 17.4. The molecule has 0 saturated heterocycles. The van der Waals surface area contributed by atoms with Crippen LogP contribution in [0.25, 0.3) is 0 Å². The quantitative estimate of drug-likeness (QED) is 0.291. The first-order valence-electron chi connectivity index (χ1n) is 11.0. The molecule has 2 nitrogen and oxygen atoms in total. The highest BCUT2D eigenvalue weighted by molar-refractivity contribution is 5.75. The molecule has 2 heteroatoms. The summed E-state index contributed by atoms with van der Waals surface area (Å²) in [7, 11) is 0. The predicted octanol–water partition coefficient (Wildman–Crippen LogP) is 7.41. The van der Waals surface area contributed by atoms with Crippen LogP contribution in [0.1, 0.15) is 130 Å². The van der Waals surface area contributed by atoms with E-state index < -0.39 is 0 Å². The summed E-state index contributed by atoms with van der Waals surface area (Å²) in [5.41, 5.74) is 0. The molecule has 0 saturated carbocycles. The minimum atomic E-state index is 0.216. The summed E-state index contributed by atoms with van der Waals surface area (Å²) in [6.07, 6.45) is 20.9. The Labute approximate surface area is 153 Å². The van der Waals surface area contributed by atoms with Gasteiger partial charge in [0, 0.05) is 13.0 Å². The van der Waals surface area contributed by atoms with Crippen LogP contribution in [0.3, 0.4) is 0 Å². The van der Waals surface area contributed by atoms with Crippen molar-refractivity contribution in [2.24, 2.45) is 0 Å². The standard InChI is InChI=1S/C12H26.C10H21NO/c1-3-5-7-9-11-12-10-8-6-4-2;1-3-5-6-7-8-10(12)11-9-4-2/h3-12H2,1-2H3;3-9H2,1-2H3,(H,11,12). The minimum Gasteiger partial charge on any atom is -0.356 e. The summed E-state index contributed by atoms with van der Waals surface area (Å²) >= 11 is 0. The molecule has 0 aromatic rings. The molecule has 0 radical (unpaired) electrons. The maximum atomic E-state index is 11.1. The Bertz CT molecular complexity index is 218. The van der Waals surface area contributed by atoms with Gasteiger partial charge in [0.05, 0.1) is 0 Å². The van der Waals surface area contributed by atoms with Crippen LogP contribution in [0, 0.1) is 0 Å². The monoisotopic (exact) mass is 341 g/mol. The van der Waals surface area contributed by atoms with E-state index in [2.05, 4.69) is 33.0 Å². The number of unbranched alkanes of at least 4 members (excludes halogenated alkanes) is 12. The smallest absolute Gasteiger partial charge is 0.219 e. The van der Waals surface area contributed by atoms with Gasteiger partial charge in [0.25, 0.3) is 0 Å². The maximum absolute atomic E-state index is 11.1. The van der Waals surface area contributed by atoms with E-state index in [1.807, 2.05) is 0 Å². The first kappa shape index (κ1) is 25.7. The lowest BCUT2D eigenvalue weighted by atomic mass is 10.1. The normalized spacial score (nSPS) is 10.2. The summed E-state index contributed by atoms with van der Waals surface area (Å²) in [5, 5.41) is 2.87. The second-order valence-corrected chi connectivity index (χ2v) is 6.99. The van der Waals surface area contributed by atoms with E-state index in [1.54, 1.807) is 0 Å². The zero-order valence-electron chi connectivity index (χ0n) is 17.4. The molecule has 0 aliphatic heterocycles. The Morgan fingerprint density at radius 2 is 0.917 bits per heavy atom. The maximum Gasteiger partial charge on any atom is 0.219 e. The molecule has 0 aliphatic carbocycles. The van der Waals surface area contributed by atoms with E-state index in [-0.39, 0.29) is 5.91 Å². The van der Waals surface area contributed by atoms with Gasteiger partial charge in [-0.2, -0.15) is 0 Å². The summed E-state index contributed by atoms with van der Waals surface area (Å²) in [4.78, 5) is 11.1. The van der Waals surface area contributed by atoms with Gasteiger partial charge in [-0.3, -0.25) is 4.79 Å². The molecule has 0 rings (SSSR count). The molecule has 0 aromatic heterocycles. The Hall–Kier alpha value is -0.530. The predicted molar refractivity (Wildman–Crippen MR) is 110 cm³/mol. The molecule has 0 aromatic carbocycles. The van der Waals surface area contributed by atoms with Crippen molar-refractivity contribution in [2.45, 2.75) is 130 Å². The number of carbonyl (C=O) groups excluding carboxylic acids is 1. The highest BCUT2D eigenvalue weighted by Gasteiger charge is 1.98. The van der Waals surface area contributed by atoms with Crippen molar-refractivity contribution in [2.75, 3.05) is 6.54 Å². The van der Waals surface area contributed by atoms with Gasteiger partial charge in [0.15, 0.2) is 0 Å². The van der Waals surface area contributed by atoms with E-state index in [9.17, 15) is 4.79 Å². The van der Waals surface area contributed by atoms with E-state index in [0.717, 1.165) is 19.4 Å². The lowest BCUT2D eigenvalue weighted by Gasteiger charge is -2.02. The van der Waals surface area contributed by atoms with E-state index in [1.165, 1.54) is 83.5 Å². The highest BCUT2D eigenvalue weighted by Crippen LogP contribution is 2.09. The second kappa shape index (κ2) is 24.7. The molecule has 0 atom stereocenters. The van der Waals surface area contributed by atoms with Crippen LogP contribution < -0.4 is 5.32 Å². The van der Waals surface area contributed by atoms with Crippen LogP contribution in [0.2, 0.25) is 0 Å². The van der Waals surface area contributed by atoms with Crippen molar-refractivity contribution in [3.05, 3.63) is 0 Å². The van der Waals surface area contributed by atoms with E-state index in [0.29, 0.717) is 6.42 Å². The van der Waals surface area contributed by atoms with Gasteiger partial charge in [0.2, 0.25) is 5.91 Å². The van der Waals surface area contributed by atoms with Gasteiger partial charge in [-0.1, -0.05) is 111 Å². The second-order valence-electron chi connectivity index (χ2n) is 6.99. The number of carbonyl (C=O) groups is 1. The Kier molecular flexibility index (Phi) is 26.5. The lowest BCUT2D eigenvalue weighted by Crippen LogP contribution is -2.23. The minimum absolute atomic E-state index is 0.216. The topological polar surface area (TPSA) is 29.1 Å². The molecule has 1 N–H and O–H groups in total. The number of nitrogens with one attached hydrogen (secondary N) is 1. The van der Waals surface area contributed by atoms with Crippen molar-refractivity contribution >= 4 is 5.91 Å². The first-order valence-corrected chi connectivity index (χ1v) is 11.0. The van der Waals surface area contributed by atoms with Crippen molar-refractivity contribution in [1.29, 1.82) is 0 Å². The molecular weight excluding hydrogens is 294 g/mol. The van der Waals surface area contributed by atoms with Crippen LogP contribution in [0.5, 0.6) is 0 Å². The van der Waals surface area contributed by atoms with Crippen molar-refractivity contribution < 1.29 is 4.79 Å². The van der Waals surface area contributed by atoms with Crippen molar-refractivity contribution in [3.8, 4) is 0 Å². The third kappa shape index (κ3) is 26.4. The highest BCUT2D eigenvalue weighted by atomic mass is 16.1. The third-order valence-corrected chi connectivity index (χ3v) is 4.29. The van der Waals surface area contributed by atoms with Crippen LogP contribution in [0.4, 0.5) is 0 Å². The van der Waals surface area contributed by atoms with Gasteiger partial charge < -0.3 is 5.32 Å². The molecule has 0 fully saturated rings. The summed E-state index contributed by atoms with van der Waals surface area (Å²) in [5.74, 6) is 0.216. The summed E-state index contributed by atoms with van der Waals surface area (Å²) in [6, 6.07) is 0. The number of hydrogen-bond donors (Lipinski definition) is 1. The largest absolute Gasteiger partial charge is 0.356 e. The van der Waals surface area contributed by atoms with Crippen molar-refractivity contribution in [3.63, 3.8) is 0 Å². The van der Waals surface area contributed by atoms with Gasteiger partial charge in [-0.05, 0) is 12.8 Å². The fraction of sp³-hybridized carbons (Fsp3) is 0.955. The SMILES string of the molecule is CCCCCCC(=O)NCCC.CCCCCCCCCCCC. The van der Waals surface area contributed by atoms with Crippen LogP contribution in [0.15, 0.2) is 0 Å². The van der Waals surface area contributed by atoms with Gasteiger partial charge in [0.1, 0.15) is 0 Å².